The Labute approximate surface area is 125 Å². The normalized spacial score (nSPS) is 11.1. The lowest BCUT2D eigenvalue weighted by Crippen LogP contribution is -1.99. The molecule has 0 saturated carbocycles. The molecule has 0 unspecified atom stereocenters. The number of carbonyl (C=O) groups is 1. The van der Waals surface area contributed by atoms with Crippen LogP contribution in [0.4, 0.5) is 5.69 Å². The van der Waals surface area contributed by atoms with Gasteiger partial charge in [0.2, 0.25) is 0 Å². The summed E-state index contributed by atoms with van der Waals surface area (Å²) >= 11 is 1.17. The van der Waals surface area contributed by atoms with E-state index < -0.39 is 5.97 Å². The maximum Gasteiger partial charge on any atom is 0.348 e. The summed E-state index contributed by atoms with van der Waals surface area (Å²) in [6.07, 6.45) is 0.668. The first-order valence-electron chi connectivity index (χ1n) is 6.66. The number of nitrogens with two attached hydrogens (primary N) is 1. The van der Waals surface area contributed by atoms with E-state index in [9.17, 15) is 9.90 Å². The number of rotatable bonds is 3. The van der Waals surface area contributed by atoms with Gasteiger partial charge < -0.3 is 15.3 Å². The second-order valence-corrected chi connectivity index (χ2v) is 5.98. The van der Waals surface area contributed by atoms with E-state index in [1.54, 1.807) is 0 Å². The summed E-state index contributed by atoms with van der Waals surface area (Å²) in [6, 6.07) is 7.90. The number of hydrogen-bond donors (Lipinski definition) is 2. The number of benzene rings is 1. The van der Waals surface area contributed by atoms with Gasteiger partial charge in [0.05, 0.1) is 10.6 Å². The molecule has 2 aromatic heterocycles. The Kier molecular flexibility index (Phi) is 3.22. The lowest BCUT2D eigenvalue weighted by molar-refractivity contribution is 0.0703. The number of hydrogen-bond acceptors (Lipinski definition) is 4. The predicted molar refractivity (Wildman–Crippen MR) is 85.0 cm³/mol. The number of fused-ring (bicyclic) bond motifs is 1. The van der Waals surface area contributed by atoms with Gasteiger partial charge in [-0.25, -0.2) is 4.79 Å². The number of thiophene rings is 1. The zero-order valence-electron chi connectivity index (χ0n) is 11.8. The number of furan rings is 1. The van der Waals surface area contributed by atoms with Crippen LogP contribution in [0.5, 0.6) is 0 Å². The highest BCUT2D eigenvalue weighted by Crippen LogP contribution is 2.41. The average Bonchev–Trinajstić information content (AvgIpc) is 2.98. The van der Waals surface area contributed by atoms with Gasteiger partial charge in [0.1, 0.15) is 16.2 Å². The van der Waals surface area contributed by atoms with Gasteiger partial charge in [0.25, 0.3) is 0 Å². The molecule has 2 heterocycles. The van der Waals surface area contributed by atoms with Crippen molar-refractivity contribution in [2.75, 3.05) is 5.73 Å². The molecular weight excluding hydrogens is 286 g/mol. The summed E-state index contributed by atoms with van der Waals surface area (Å²) in [5.41, 5.74) is 9.10. The minimum atomic E-state index is -0.995. The monoisotopic (exact) mass is 301 g/mol. The Morgan fingerprint density at radius 3 is 2.81 bits per heavy atom. The first-order valence-corrected chi connectivity index (χ1v) is 7.48. The van der Waals surface area contributed by atoms with Gasteiger partial charge >= 0.3 is 5.97 Å². The molecule has 108 valence electrons. The van der Waals surface area contributed by atoms with E-state index in [4.69, 9.17) is 10.2 Å². The van der Waals surface area contributed by atoms with Gasteiger partial charge in [-0.1, -0.05) is 18.6 Å². The molecule has 21 heavy (non-hydrogen) atoms. The summed E-state index contributed by atoms with van der Waals surface area (Å²) < 4.78 is 5.86. The topological polar surface area (TPSA) is 76.5 Å². The average molecular weight is 301 g/mol. The fraction of sp³-hybridized carbons (Fsp3) is 0.188. The number of aromatic carboxylic acids is 1. The molecule has 0 fully saturated rings. The summed E-state index contributed by atoms with van der Waals surface area (Å²) in [6.45, 7) is 3.98. The van der Waals surface area contributed by atoms with Gasteiger partial charge in [-0.15, -0.1) is 11.3 Å². The maximum atomic E-state index is 11.3. The van der Waals surface area contributed by atoms with E-state index >= 15 is 0 Å². The molecule has 0 aliphatic carbocycles. The first-order chi connectivity index (χ1) is 10.0. The van der Waals surface area contributed by atoms with Crippen molar-refractivity contribution in [1.82, 2.24) is 0 Å². The van der Waals surface area contributed by atoms with Gasteiger partial charge in [0, 0.05) is 5.39 Å². The molecule has 0 atom stereocenters. The molecule has 0 spiro atoms. The van der Waals surface area contributed by atoms with Crippen molar-refractivity contribution in [2.24, 2.45) is 0 Å². The Hall–Kier alpha value is -2.27. The summed E-state index contributed by atoms with van der Waals surface area (Å²) in [5.74, 6) is -0.318. The van der Waals surface area contributed by atoms with Crippen molar-refractivity contribution in [3.05, 3.63) is 40.3 Å². The molecule has 0 bridgehead atoms. The van der Waals surface area contributed by atoms with Crippen LogP contribution in [0.25, 0.3) is 21.6 Å². The molecule has 4 nitrogen and oxygen atoms in total. The third-order valence-electron chi connectivity index (χ3n) is 3.49. The molecule has 5 heteroatoms. The summed E-state index contributed by atoms with van der Waals surface area (Å²) in [5, 5.41) is 10.2. The third kappa shape index (κ3) is 2.19. The van der Waals surface area contributed by atoms with Crippen molar-refractivity contribution < 1.29 is 14.3 Å². The molecule has 1 aromatic carbocycles. The summed E-state index contributed by atoms with van der Waals surface area (Å²) in [4.78, 5) is 12.2. The number of nitrogen functional groups attached to an aromatic ring is 1. The van der Waals surface area contributed by atoms with E-state index in [-0.39, 0.29) is 4.88 Å². The quantitative estimate of drug-likeness (QED) is 0.755. The number of aryl methyl sites for hydroxylation is 1. The molecule has 3 aromatic rings. The van der Waals surface area contributed by atoms with Crippen LogP contribution in [-0.2, 0) is 6.42 Å². The van der Waals surface area contributed by atoms with Crippen LogP contribution in [0.1, 0.15) is 27.7 Å². The lowest BCUT2D eigenvalue weighted by atomic mass is 10.1. The second-order valence-electron chi connectivity index (χ2n) is 4.96. The largest absolute Gasteiger partial charge is 0.477 e. The second kappa shape index (κ2) is 4.93. The van der Waals surface area contributed by atoms with Crippen molar-refractivity contribution >= 4 is 34.0 Å². The Bertz CT molecular complexity index is 845. The smallest absolute Gasteiger partial charge is 0.348 e. The van der Waals surface area contributed by atoms with Gasteiger partial charge in [-0.3, -0.25) is 0 Å². The molecule has 0 radical (unpaired) electrons. The van der Waals surface area contributed by atoms with Crippen molar-refractivity contribution in [2.45, 2.75) is 20.3 Å². The number of carboxylic acids is 1. The standard InChI is InChI=1S/C16H15NO3S/c1-3-10-13(17)15(16(18)19)21-14(10)12-7-9-6-8(2)4-5-11(9)20-12/h4-7H,3,17H2,1-2H3,(H,18,19). The van der Waals surface area contributed by atoms with Crippen molar-refractivity contribution in [3.8, 4) is 10.6 Å². The molecular formula is C16H15NO3S. The molecule has 3 rings (SSSR count). The Morgan fingerprint density at radius 1 is 1.38 bits per heavy atom. The lowest BCUT2D eigenvalue weighted by Gasteiger charge is -1.98. The van der Waals surface area contributed by atoms with Crippen molar-refractivity contribution in [1.29, 1.82) is 0 Å². The fourth-order valence-electron chi connectivity index (χ4n) is 2.46. The summed E-state index contributed by atoms with van der Waals surface area (Å²) in [7, 11) is 0. The third-order valence-corrected chi connectivity index (χ3v) is 4.74. The van der Waals surface area contributed by atoms with E-state index in [0.717, 1.165) is 27.0 Å². The first kappa shape index (κ1) is 13.7. The van der Waals surface area contributed by atoms with Crippen LogP contribution < -0.4 is 5.73 Å². The maximum absolute atomic E-state index is 11.3. The van der Waals surface area contributed by atoms with Crippen LogP contribution in [0.2, 0.25) is 0 Å². The molecule has 3 N–H and O–H groups in total. The van der Waals surface area contributed by atoms with E-state index in [1.165, 1.54) is 11.3 Å². The van der Waals surface area contributed by atoms with Crippen LogP contribution in [0, 0.1) is 6.92 Å². The van der Waals surface area contributed by atoms with Gasteiger partial charge in [0.15, 0.2) is 0 Å². The van der Waals surface area contributed by atoms with Crippen molar-refractivity contribution in [3.63, 3.8) is 0 Å². The Balaban J connectivity index is 2.22. The van der Waals surface area contributed by atoms with Crippen LogP contribution in [0.15, 0.2) is 28.7 Å². The highest BCUT2D eigenvalue weighted by molar-refractivity contribution is 7.18. The van der Waals surface area contributed by atoms with E-state index in [1.807, 2.05) is 38.1 Å². The zero-order valence-corrected chi connectivity index (χ0v) is 12.6. The predicted octanol–water partition coefficient (Wildman–Crippen LogP) is 4.31. The minimum Gasteiger partial charge on any atom is -0.477 e. The Morgan fingerprint density at radius 2 is 2.14 bits per heavy atom. The van der Waals surface area contributed by atoms with Crippen LogP contribution in [0.3, 0.4) is 0 Å². The minimum absolute atomic E-state index is 0.179. The number of carboxylic acid groups (broad SMARTS) is 1. The van der Waals surface area contributed by atoms with Gasteiger partial charge in [-0.2, -0.15) is 0 Å². The van der Waals surface area contributed by atoms with Gasteiger partial charge in [-0.05, 0) is 37.1 Å². The SMILES string of the molecule is CCc1c(-c2cc3cc(C)ccc3o2)sc(C(=O)O)c1N. The van der Waals surface area contributed by atoms with Crippen LogP contribution in [-0.4, -0.2) is 11.1 Å². The molecule has 0 saturated heterocycles. The zero-order chi connectivity index (χ0) is 15.1. The highest BCUT2D eigenvalue weighted by Gasteiger charge is 2.22. The van der Waals surface area contributed by atoms with E-state index in [0.29, 0.717) is 17.9 Å². The molecule has 0 aliphatic heterocycles. The fourth-order valence-corrected chi connectivity index (χ4v) is 3.56. The van der Waals surface area contributed by atoms with E-state index in [2.05, 4.69) is 0 Å². The number of anilines is 1. The molecule has 0 amide bonds. The van der Waals surface area contributed by atoms with Crippen LogP contribution >= 0.6 is 11.3 Å². The highest BCUT2D eigenvalue weighted by atomic mass is 32.1. The molecule has 0 aliphatic rings.